The van der Waals surface area contributed by atoms with Gasteiger partial charge in [0.05, 0.1) is 5.01 Å². The number of nitrogens with zero attached hydrogens (tertiary/aromatic N) is 1. The van der Waals surface area contributed by atoms with Gasteiger partial charge in [0.2, 0.25) is 0 Å². The molecule has 0 amide bonds. The number of nitrogens with one attached hydrogen (secondary N) is 1. The monoisotopic (exact) mass is 238 g/mol. The smallest absolute Gasteiger partial charge is 0.0968 e. The Morgan fingerprint density at radius 1 is 1.56 bits per heavy atom. The highest BCUT2D eigenvalue weighted by atomic mass is 32.1. The van der Waals surface area contributed by atoms with E-state index in [9.17, 15) is 0 Å². The number of aromatic nitrogens is 1. The maximum absolute atomic E-state index is 4.47. The van der Waals surface area contributed by atoms with Crippen LogP contribution in [0.1, 0.15) is 37.9 Å². The van der Waals surface area contributed by atoms with Crippen LogP contribution in [0.25, 0.3) is 0 Å². The minimum absolute atomic E-state index is 0.579. The van der Waals surface area contributed by atoms with Crippen molar-refractivity contribution < 1.29 is 0 Å². The number of allylic oxidation sites excluding steroid dienone is 1. The summed E-state index contributed by atoms with van der Waals surface area (Å²) < 4.78 is 0. The maximum Gasteiger partial charge on any atom is 0.0968 e. The first kappa shape index (κ1) is 13.4. The van der Waals surface area contributed by atoms with Crippen LogP contribution in [0.2, 0.25) is 0 Å². The minimum atomic E-state index is 0.579. The van der Waals surface area contributed by atoms with E-state index in [1.165, 1.54) is 10.6 Å². The Balaban J connectivity index is 2.29. The van der Waals surface area contributed by atoms with E-state index in [2.05, 4.69) is 42.5 Å². The van der Waals surface area contributed by atoms with Crippen molar-refractivity contribution in [3.8, 4) is 0 Å². The average molecular weight is 238 g/mol. The normalized spacial score (nSPS) is 12.4. The summed E-state index contributed by atoms with van der Waals surface area (Å²) in [6, 6.07) is 0.579. The molecule has 0 aliphatic rings. The molecule has 0 spiro atoms. The molecule has 1 N–H and O–H groups in total. The van der Waals surface area contributed by atoms with Crippen molar-refractivity contribution in [1.82, 2.24) is 10.3 Å². The molecule has 90 valence electrons. The van der Waals surface area contributed by atoms with Crippen LogP contribution in [0, 0.1) is 6.92 Å². The Bertz CT molecular complexity index is 339. The van der Waals surface area contributed by atoms with E-state index < -0.39 is 0 Å². The first-order valence-electron chi connectivity index (χ1n) is 5.88. The summed E-state index contributed by atoms with van der Waals surface area (Å²) in [6.45, 7) is 9.65. The van der Waals surface area contributed by atoms with Crippen molar-refractivity contribution in [1.29, 1.82) is 0 Å². The Hall–Kier alpha value is -0.670. The quantitative estimate of drug-likeness (QED) is 0.607. The van der Waals surface area contributed by atoms with Gasteiger partial charge >= 0.3 is 0 Å². The third-order valence-electron chi connectivity index (χ3n) is 2.29. The molecule has 3 heteroatoms. The Labute approximate surface area is 103 Å². The summed E-state index contributed by atoms with van der Waals surface area (Å²) in [7, 11) is 0. The van der Waals surface area contributed by atoms with Crippen molar-refractivity contribution in [3.63, 3.8) is 0 Å². The fraction of sp³-hybridized carbons (Fsp3) is 0.615. The van der Waals surface area contributed by atoms with Crippen molar-refractivity contribution >= 4 is 11.3 Å². The molecule has 0 atom stereocenters. The van der Waals surface area contributed by atoms with Crippen molar-refractivity contribution in [2.24, 2.45) is 0 Å². The molecule has 1 rings (SSSR count). The average Bonchev–Trinajstić information content (AvgIpc) is 2.58. The summed E-state index contributed by atoms with van der Waals surface area (Å²) >= 11 is 1.75. The van der Waals surface area contributed by atoms with Crippen LogP contribution in [0.5, 0.6) is 0 Å². The molecule has 0 aliphatic heterocycles. The van der Waals surface area contributed by atoms with Gasteiger partial charge in [-0.1, -0.05) is 25.5 Å². The van der Waals surface area contributed by atoms with Gasteiger partial charge < -0.3 is 5.32 Å². The second-order valence-electron chi connectivity index (χ2n) is 4.51. The van der Waals surface area contributed by atoms with Crippen LogP contribution >= 0.6 is 11.3 Å². The predicted octanol–water partition coefficient (Wildman–Crippen LogP) is 3.33. The molecule has 1 heterocycles. The lowest BCUT2D eigenvalue weighted by molar-refractivity contribution is 0.594. The molecule has 1 aromatic heterocycles. The lowest BCUT2D eigenvalue weighted by Crippen LogP contribution is -2.23. The molecule has 0 radical (unpaired) electrons. The topological polar surface area (TPSA) is 24.9 Å². The zero-order valence-corrected chi connectivity index (χ0v) is 11.5. The van der Waals surface area contributed by atoms with E-state index in [1.807, 2.05) is 6.92 Å². The Morgan fingerprint density at radius 3 is 2.88 bits per heavy atom. The number of hydrogen-bond acceptors (Lipinski definition) is 3. The minimum Gasteiger partial charge on any atom is -0.314 e. The van der Waals surface area contributed by atoms with Crippen molar-refractivity contribution in [2.45, 2.75) is 46.6 Å². The lowest BCUT2D eigenvalue weighted by atomic mass is 10.2. The van der Waals surface area contributed by atoms with Crippen LogP contribution in [0.15, 0.2) is 17.0 Å². The maximum atomic E-state index is 4.47. The number of rotatable bonds is 6. The highest BCUT2D eigenvalue weighted by Crippen LogP contribution is 2.13. The summed E-state index contributed by atoms with van der Waals surface area (Å²) in [5.74, 6) is 0. The molecule has 2 nitrogen and oxygen atoms in total. The van der Waals surface area contributed by atoms with Crippen molar-refractivity contribution in [3.05, 3.63) is 27.7 Å². The number of thiazole rings is 1. The van der Waals surface area contributed by atoms with E-state index in [4.69, 9.17) is 0 Å². The second kappa shape index (κ2) is 6.81. The van der Waals surface area contributed by atoms with E-state index in [1.54, 1.807) is 11.3 Å². The summed E-state index contributed by atoms with van der Waals surface area (Å²) in [5, 5.41) is 6.75. The van der Waals surface area contributed by atoms with Crippen LogP contribution in [-0.4, -0.2) is 17.6 Å². The van der Waals surface area contributed by atoms with Gasteiger partial charge in [-0.05, 0) is 26.8 Å². The van der Waals surface area contributed by atoms with Gasteiger partial charge in [0.15, 0.2) is 0 Å². The molecular weight excluding hydrogens is 216 g/mol. The molecule has 0 saturated heterocycles. The molecule has 1 aromatic rings. The SMILES string of the molecule is CC(=CCCNC(C)C)Cc1nc(C)cs1. The van der Waals surface area contributed by atoms with Gasteiger partial charge in [-0.15, -0.1) is 11.3 Å². The Morgan fingerprint density at radius 2 is 2.31 bits per heavy atom. The van der Waals surface area contributed by atoms with Gasteiger partial charge in [0.1, 0.15) is 0 Å². The zero-order chi connectivity index (χ0) is 12.0. The summed E-state index contributed by atoms with van der Waals surface area (Å²) in [4.78, 5) is 4.47. The van der Waals surface area contributed by atoms with Gasteiger partial charge in [0.25, 0.3) is 0 Å². The lowest BCUT2D eigenvalue weighted by Gasteiger charge is -2.05. The first-order valence-corrected chi connectivity index (χ1v) is 6.76. The summed E-state index contributed by atoms with van der Waals surface area (Å²) in [5.41, 5.74) is 2.55. The number of hydrogen-bond donors (Lipinski definition) is 1. The highest BCUT2D eigenvalue weighted by molar-refractivity contribution is 7.09. The van der Waals surface area contributed by atoms with Gasteiger partial charge in [0, 0.05) is 23.5 Å². The third-order valence-corrected chi connectivity index (χ3v) is 3.25. The molecular formula is C13H22N2S. The molecule has 0 aliphatic carbocycles. The predicted molar refractivity (Wildman–Crippen MR) is 72.1 cm³/mol. The molecule has 0 unspecified atom stereocenters. The first-order chi connectivity index (χ1) is 7.58. The number of aryl methyl sites for hydroxylation is 1. The molecule has 16 heavy (non-hydrogen) atoms. The van der Waals surface area contributed by atoms with Gasteiger partial charge in [-0.2, -0.15) is 0 Å². The van der Waals surface area contributed by atoms with Gasteiger partial charge in [-0.3, -0.25) is 0 Å². The molecule has 0 bridgehead atoms. The van der Waals surface area contributed by atoms with Crippen LogP contribution in [0.4, 0.5) is 0 Å². The highest BCUT2D eigenvalue weighted by Gasteiger charge is 1.99. The van der Waals surface area contributed by atoms with Crippen molar-refractivity contribution in [2.75, 3.05) is 6.54 Å². The largest absolute Gasteiger partial charge is 0.314 e. The van der Waals surface area contributed by atoms with Crippen LogP contribution in [0.3, 0.4) is 0 Å². The molecule has 0 saturated carbocycles. The van der Waals surface area contributed by atoms with Crippen LogP contribution in [-0.2, 0) is 6.42 Å². The third kappa shape index (κ3) is 5.42. The molecule has 0 aromatic carbocycles. The fourth-order valence-corrected chi connectivity index (χ4v) is 2.35. The van der Waals surface area contributed by atoms with E-state index in [0.29, 0.717) is 6.04 Å². The molecule has 0 fully saturated rings. The zero-order valence-electron chi connectivity index (χ0n) is 10.7. The van der Waals surface area contributed by atoms with Gasteiger partial charge in [-0.25, -0.2) is 4.98 Å². The van der Waals surface area contributed by atoms with E-state index >= 15 is 0 Å². The standard InChI is InChI=1S/C13H22N2S/c1-10(2)14-7-5-6-11(3)8-13-15-12(4)9-16-13/h6,9-10,14H,5,7-8H2,1-4H3. The Kier molecular flexibility index (Phi) is 5.71. The van der Waals surface area contributed by atoms with E-state index in [-0.39, 0.29) is 0 Å². The fourth-order valence-electron chi connectivity index (χ4n) is 1.49. The summed E-state index contributed by atoms with van der Waals surface area (Å²) in [6.07, 6.45) is 4.42. The second-order valence-corrected chi connectivity index (χ2v) is 5.45. The van der Waals surface area contributed by atoms with E-state index in [0.717, 1.165) is 25.1 Å². The van der Waals surface area contributed by atoms with Crippen LogP contribution < -0.4 is 5.32 Å².